The molecule has 0 bridgehead atoms. The van der Waals surface area contributed by atoms with Crippen molar-refractivity contribution >= 4 is 36.9 Å². The van der Waals surface area contributed by atoms with E-state index in [0.717, 1.165) is 23.2 Å². The fourth-order valence-corrected chi connectivity index (χ4v) is 6.90. The first-order valence-corrected chi connectivity index (χ1v) is 12.6. The van der Waals surface area contributed by atoms with E-state index in [9.17, 15) is 4.57 Å². The Balaban J connectivity index is 1.49. The fraction of sp³-hybridized carbons (Fsp3) is 0.0769. The van der Waals surface area contributed by atoms with Gasteiger partial charge in [-0.1, -0.05) is 95.6 Å². The second kappa shape index (κ2) is 9.75. The zero-order chi connectivity index (χ0) is 19.9. The summed E-state index contributed by atoms with van der Waals surface area (Å²) in [6.45, 7) is 0. The van der Waals surface area contributed by atoms with Gasteiger partial charge < -0.3 is 0 Å². The Hall–Kier alpha value is -2.59. The van der Waals surface area contributed by atoms with Crippen LogP contribution < -0.4 is 21.2 Å². The van der Waals surface area contributed by atoms with Crippen LogP contribution in [0.15, 0.2) is 115 Å². The van der Waals surface area contributed by atoms with Gasteiger partial charge >= 0.3 is 7.80 Å². The molecule has 4 aromatic carbocycles. The molecular weight excluding hydrogens is 390 g/mol. The first-order chi connectivity index (χ1) is 14.3. The standard InChI is InChI=1S/C26H23OP2/c27-29(25-14-8-3-9-15-25)26-18-16-22(17-19-26)20-21-28(23-10-4-1-5-11-23)24-12-6-2-7-13-24/h1-19H,20-21H2/q+1. The van der Waals surface area contributed by atoms with Crippen LogP contribution in [0.25, 0.3) is 0 Å². The van der Waals surface area contributed by atoms with E-state index >= 15 is 0 Å². The quantitative estimate of drug-likeness (QED) is 0.384. The van der Waals surface area contributed by atoms with E-state index in [-0.39, 0.29) is 7.92 Å². The van der Waals surface area contributed by atoms with Crippen molar-refractivity contribution < 1.29 is 4.57 Å². The molecule has 142 valence electrons. The minimum Gasteiger partial charge on any atom is -0.0622 e. The summed E-state index contributed by atoms with van der Waals surface area (Å²) in [5.74, 6) is 0. The number of aryl methyl sites for hydroxylation is 1. The molecule has 4 rings (SSSR count). The molecule has 0 saturated carbocycles. The van der Waals surface area contributed by atoms with Crippen molar-refractivity contribution in [3.8, 4) is 0 Å². The SMILES string of the molecule is O=[P+](c1ccccc1)c1ccc(CCP(c2ccccc2)c2ccccc2)cc1. The van der Waals surface area contributed by atoms with Crippen molar-refractivity contribution in [1.29, 1.82) is 0 Å². The molecule has 0 aliphatic carbocycles. The van der Waals surface area contributed by atoms with Crippen molar-refractivity contribution in [3.63, 3.8) is 0 Å². The van der Waals surface area contributed by atoms with Crippen LogP contribution in [0.2, 0.25) is 0 Å². The van der Waals surface area contributed by atoms with Gasteiger partial charge in [0, 0.05) is 0 Å². The Morgan fingerprint density at radius 1 is 0.552 bits per heavy atom. The van der Waals surface area contributed by atoms with Crippen LogP contribution in [-0.2, 0) is 11.0 Å². The van der Waals surface area contributed by atoms with Crippen molar-refractivity contribution in [2.75, 3.05) is 6.16 Å². The Labute approximate surface area is 175 Å². The summed E-state index contributed by atoms with van der Waals surface area (Å²) in [6, 6.07) is 39.6. The maximum absolute atomic E-state index is 12.7. The monoisotopic (exact) mass is 413 g/mol. The predicted octanol–water partition coefficient (Wildman–Crippen LogP) is 5.14. The number of rotatable bonds is 7. The molecule has 1 nitrogen and oxygen atoms in total. The third-order valence-electron chi connectivity index (χ3n) is 4.92. The molecule has 1 unspecified atom stereocenters. The van der Waals surface area contributed by atoms with Crippen molar-refractivity contribution in [1.82, 2.24) is 0 Å². The van der Waals surface area contributed by atoms with Crippen LogP contribution in [0.5, 0.6) is 0 Å². The molecular formula is C26H23OP2+. The minimum atomic E-state index is -1.52. The third-order valence-corrected chi connectivity index (χ3v) is 8.97. The van der Waals surface area contributed by atoms with Gasteiger partial charge in [-0.05, 0) is 60.9 Å². The highest BCUT2D eigenvalue weighted by Gasteiger charge is 2.22. The molecule has 0 aliphatic heterocycles. The molecule has 4 aromatic rings. The highest BCUT2D eigenvalue weighted by atomic mass is 31.1. The summed E-state index contributed by atoms with van der Waals surface area (Å²) in [7, 11) is -1.91. The normalized spacial score (nSPS) is 11.4. The van der Waals surface area contributed by atoms with Gasteiger partial charge in [0.05, 0.1) is 0 Å². The fourth-order valence-electron chi connectivity index (χ4n) is 3.37. The van der Waals surface area contributed by atoms with E-state index in [4.69, 9.17) is 0 Å². The van der Waals surface area contributed by atoms with E-state index in [1.54, 1.807) is 0 Å². The van der Waals surface area contributed by atoms with Gasteiger partial charge in [0.2, 0.25) is 0 Å². The molecule has 0 spiro atoms. The number of benzene rings is 4. The molecule has 0 radical (unpaired) electrons. The Morgan fingerprint density at radius 2 is 1.00 bits per heavy atom. The largest absolute Gasteiger partial charge is 0.415 e. The van der Waals surface area contributed by atoms with Crippen LogP contribution in [-0.4, -0.2) is 6.16 Å². The summed E-state index contributed by atoms with van der Waals surface area (Å²) in [5, 5.41) is 4.60. The summed E-state index contributed by atoms with van der Waals surface area (Å²) in [5.41, 5.74) is 1.30. The second-order valence-electron chi connectivity index (χ2n) is 6.87. The average Bonchev–Trinajstić information content (AvgIpc) is 2.81. The summed E-state index contributed by atoms with van der Waals surface area (Å²) in [4.78, 5) is 0. The molecule has 0 saturated heterocycles. The first-order valence-electron chi connectivity index (χ1n) is 9.80. The predicted molar refractivity (Wildman–Crippen MR) is 127 cm³/mol. The van der Waals surface area contributed by atoms with E-state index in [1.807, 2.05) is 42.5 Å². The van der Waals surface area contributed by atoms with Crippen LogP contribution in [0.4, 0.5) is 0 Å². The third kappa shape index (κ3) is 5.07. The molecule has 0 N–H and O–H groups in total. The van der Waals surface area contributed by atoms with Gasteiger partial charge in [0.25, 0.3) is 0 Å². The first kappa shape index (κ1) is 19.7. The molecule has 0 amide bonds. The Kier molecular flexibility index (Phi) is 6.63. The maximum Gasteiger partial charge on any atom is 0.415 e. The zero-order valence-corrected chi connectivity index (χ0v) is 18.0. The molecule has 0 heterocycles. The van der Waals surface area contributed by atoms with E-state index < -0.39 is 7.80 Å². The number of hydrogen-bond acceptors (Lipinski definition) is 1. The van der Waals surface area contributed by atoms with Gasteiger partial charge in [0.15, 0.2) is 10.6 Å². The molecule has 0 aromatic heterocycles. The highest BCUT2D eigenvalue weighted by Crippen LogP contribution is 2.34. The van der Waals surface area contributed by atoms with Crippen LogP contribution >= 0.6 is 15.7 Å². The van der Waals surface area contributed by atoms with Crippen molar-refractivity contribution in [2.45, 2.75) is 6.42 Å². The van der Waals surface area contributed by atoms with Crippen LogP contribution in [0, 0.1) is 0 Å². The minimum absolute atomic E-state index is 0.388. The summed E-state index contributed by atoms with van der Waals surface area (Å²) < 4.78 is 12.7. The lowest BCUT2D eigenvalue weighted by Crippen LogP contribution is -2.15. The Bertz CT molecular complexity index is 1010. The number of hydrogen-bond donors (Lipinski definition) is 0. The molecule has 29 heavy (non-hydrogen) atoms. The van der Waals surface area contributed by atoms with E-state index in [1.165, 1.54) is 16.2 Å². The van der Waals surface area contributed by atoms with Gasteiger partial charge in [-0.25, -0.2) is 0 Å². The molecule has 0 aliphatic rings. The topological polar surface area (TPSA) is 17.1 Å². The molecule has 0 fully saturated rings. The van der Waals surface area contributed by atoms with Gasteiger partial charge in [0.1, 0.15) is 0 Å². The molecule has 1 atom stereocenters. The van der Waals surface area contributed by atoms with Crippen molar-refractivity contribution in [2.24, 2.45) is 0 Å². The van der Waals surface area contributed by atoms with Gasteiger partial charge in [-0.3, -0.25) is 0 Å². The smallest absolute Gasteiger partial charge is 0.0622 e. The second-order valence-corrected chi connectivity index (χ2v) is 10.8. The summed E-state index contributed by atoms with van der Waals surface area (Å²) >= 11 is 0. The van der Waals surface area contributed by atoms with E-state index in [2.05, 4.69) is 72.8 Å². The Morgan fingerprint density at radius 3 is 1.52 bits per heavy atom. The average molecular weight is 413 g/mol. The zero-order valence-electron chi connectivity index (χ0n) is 16.2. The molecule has 3 heteroatoms. The lowest BCUT2D eigenvalue weighted by molar-refractivity contribution is 0.598. The van der Waals surface area contributed by atoms with Crippen LogP contribution in [0.3, 0.4) is 0 Å². The lowest BCUT2D eigenvalue weighted by atomic mass is 10.2. The van der Waals surface area contributed by atoms with Gasteiger partial charge in [-0.15, -0.1) is 0 Å². The lowest BCUT2D eigenvalue weighted by Gasteiger charge is -2.18. The summed E-state index contributed by atoms with van der Waals surface area (Å²) in [6.07, 6.45) is 2.12. The van der Waals surface area contributed by atoms with Crippen LogP contribution in [0.1, 0.15) is 5.56 Å². The van der Waals surface area contributed by atoms with Gasteiger partial charge in [-0.2, -0.15) is 0 Å². The highest BCUT2D eigenvalue weighted by molar-refractivity contribution is 7.73. The maximum atomic E-state index is 12.7. The van der Waals surface area contributed by atoms with Crippen molar-refractivity contribution in [3.05, 3.63) is 121 Å². The van der Waals surface area contributed by atoms with E-state index in [0.29, 0.717) is 0 Å².